The van der Waals surface area contributed by atoms with E-state index in [1.807, 2.05) is 0 Å². The highest BCUT2D eigenvalue weighted by atomic mass is 32.2. The van der Waals surface area contributed by atoms with Crippen molar-refractivity contribution in [1.29, 1.82) is 0 Å². The molecule has 0 radical (unpaired) electrons. The predicted octanol–water partition coefficient (Wildman–Crippen LogP) is 0.486. The normalized spacial score (nSPS) is 23.6. The molecule has 0 bridgehead atoms. The molecule has 2 aliphatic rings. The number of ether oxygens (including phenoxy) is 1. The van der Waals surface area contributed by atoms with Crippen molar-refractivity contribution in [2.75, 3.05) is 19.8 Å². The van der Waals surface area contributed by atoms with Gasteiger partial charge in [0, 0.05) is 19.3 Å². The Morgan fingerprint density at radius 2 is 1.85 bits per heavy atom. The Bertz CT molecular complexity index is 440. The molecule has 1 aliphatic carbocycles. The Labute approximate surface area is 119 Å². The van der Waals surface area contributed by atoms with Gasteiger partial charge in [-0.2, -0.15) is 4.31 Å². The van der Waals surface area contributed by atoms with Gasteiger partial charge in [-0.3, -0.25) is 0 Å². The van der Waals surface area contributed by atoms with Gasteiger partial charge in [-0.1, -0.05) is 18.0 Å². The van der Waals surface area contributed by atoms with Gasteiger partial charge in [-0.15, -0.1) is 0 Å². The lowest BCUT2D eigenvalue weighted by Crippen LogP contribution is -2.49. The van der Waals surface area contributed by atoms with E-state index in [-0.39, 0.29) is 18.4 Å². The first-order valence-electron chi connectivity index (χ1n) is 7.10. The highest BCUT2D eigenvalue weighted by Gasteiger charge is 2.38. The van der Waals surface area contributed by atoms with Crippen LogP contribution in [0, 0.1) is 0 Å². The molecule has 2 fully saturated rings. The standard InChI is InChI=1S/C12H23N3O4S/c13-12(14-16)9-15(10-3-1-2-4-10)20(17,18)11-5-7-19-8-6-11/h10-11,16H,1-9H2,(H2,13,14). The maximum atomic E-state index is 12.8. The third-order valence-electron chi connectivity index (χ3n) is 4.09. The molecule has 0 aromatic heterocycles. The first kappa shape index (κ1) is 15.5. The van der Waals surface area contributed by atoms with E-state index in [9.17, 15) is 8.42 Å². The quantitative estimate of drug-likeness (QED) is 0.333. The molecular formula is C12H23N3O4S. The van der Waals surface area contributed by atoms with Crippen molar-refractivity contribution in [3.63, 3.8) is 0 Å². The molecule has 1 heterocycles. The fraction of sp³-hybridized carbons (Fsp3) is 0.917. The molecule has 116 valence electrons. The Morgan fingerprint density at radius 1 is 1.25 bits per heavy atom. The lowest BCUT2D eigenvalue weighted by molar-refractivity contribution is 0.0969. The summed E-state index contributed by atoms with van der Waals surface area (Å²) < 4.78 is 32.3. The van der Waals surface area contributed by atoms with Crippen LogP contribution in [0.15, 0.2) is 5.16 Å². The van der Waals surface area contributed by atoms with Gasteiger partial charge in [-0.25, -0.2) is 8.42 Å². The summed E-state index contributed by atoms with van der Waals surface area (Å²) >= 11 is 0. The van der Waals surface area contributed by atoms with Crippen LogP contribution < -0.4 is 5.73 Å². The number of nitrogens with zero attached hydrogens (tertiary/aromatic N) is 2. The molecule has 3 N–H and O–H groups in total. The van der Waals surface area contributed by atoms with Crippen LogP contribution in [0.25, 0.3) is 0 Å². The van der Waals surface area contributed by atoms with E-state index in [1.165, 1.54) is 4.31 Å². The molecule has 0 aromatic rings. The summed E-state index contributed by atoms with van der Waals surface area (Å²) in [5.74, 6) is -0.0625. The average Bonchev–Trinajstić information content (AvgIpc) is 2.99. The smallest absolute Gasteiger partial charge is 0.217 e. The summed E-state index contributed by atoms with van der Waals surface area (Å²) in [6.45, 7) is 0.929. The van der Waals surface area contributed by atoms with Gasteiger partial charge in [0.25, 0.3) is 0 Å². The van der Waals surface area contributed by atoms with Crippen LogP contribution in [-0.4, -0.2) is 54.8 Å². The third-order valence-corrected chi connectivity index (χ3v) is 6.49. The van der Waals surface area contributed by atoms with Crippen molar-refractivity contribution >= 4 is 15.9 Å². The van der Waals surface area contributed by atoms with E-state index in [0.29, 0.717) is 26.1 Å². The van der Waals surface area contributed by atoms with Crippen LogP contribution in [0.4, 0.5) is 0 Å². The number of hydrogen-bond donors (Lipinski definition) is 2. The van der Waals surface area contributed by atoms with E-state index in [1.54, 1.807) is 0 Å². The number of rotatable bonds is 5. The molecule has 0 aromatic carbocycles. The lowest BCUT2D eigenvalue weighted by Gasteiger charge is -2.33. The molecule has 1 saturated carbocycles. The van der Waals surface area contributed by atoms with Crippen LogP contribution in [0.3, 0.4) is 0 Å². The molecule has 1 aliphatic heterocycles. The fourth-order valence-corrected chi connectivity index (χ4v) is 5.09. The minimum atomic E-state index is -3.43. The zero-order valence-corrected chi connectivity index (χ0v) is 12.4. The molecule has 0 unspecified atom stereocenters. The molecular weight excluding hydrogens is 282 g/mol. The average molecular weight is 305 g/mol. The number of nitrogens with two attached hydrogens (primary N) is 1. The number of hydrogen-bond acceptors (Lipinski definition) is 5. The maximum Gasteiger partial charge on any atom is 0.217 e. The van der Waals surface area contributed by atoms with Gasteiger partial charge in [0.05, 0.1) is 11.8 Å². The van der Waals surface area contributed by atoms with Gasteiger partial charge in [0.2, 0.25) is 10.0 Å². The van der Waals surface area contributed by atoms with Crippen molar-refractivity contribution < 1.29 is 18.4 Å². The van der Waals surface area contributed by atoms with Crippen molar-refractivity contribution in [3.05, 3.63) is 0 Å². The number of oxime groups is 1. The summed E-state index contributed by atoms with van der Waals surface area (Å²) in [5, 5.41) is 11.2. The lowest BCUT2D eigenvalue weighted by atomic mass is 10.2. The second-order valence-corrected chi connectivity index (χ2v) is 7.60. The fourth-order valence-electron chi connectivity index (χ4n) is 2.98. The second-order valence-electron chi connectivity index (χ2n) is 5.43. The first-order valence-corrected chi connectivity index (χ1v) is 8.61. The maximum absolute atomic E-state index is 12.8. The van der Waals surface area contributed by atoms with E-state index < -0.39 is 15.3 Å². The minimum Gasteiger partial charge on any atom is -0.409 e. The Balaban J connectivity index is 2.19. The zero-order chi connectivity index (χ0) is 14.6. The van der Waals surface area contributed by atoms with Crippen molar-refractivity contribution in [2.45, 2.75) is 49.8 Å². The van der Waals surface area contributed by atoms with Crippen LogP contribution in [0.5, 0.6) is 0 Å². The van der Waals surface area contributed by atoms with E-state index in [0.717, 1.165) is 25.7 Å². The molecule has 1 saturated heterocycles. The molecule has 2 rings (SSSR count). The van der Waals surface area contributed by atoms with Gasteiger partial charge in [0.1, 0.15) is 0 Å². The van der Waals surface area contributed by atoms with Crippen molar-refractivity contribution in [1.82, 2.24) is 4.31 Å². The van der Waals surface area contributed by atoms with Crippen molar-refractivity contribution in [3.8, 4) is 0 Å². The Kier molecular flexibility index (Phi) is 5.22. The summed E-state index contributed by atoms with van der Waals surface area (Å²) in [6, 6.07) is -0.0249. The Morgan fingerprint density at radius 3 is 2.40 bits per heavy atom. The topological polar surface area (TPSA) is 105 Å². The minimum absolute atomic E-state index is 0.0249. The van der Waals surface area contributed by atoms with Crippen molar-refractivity contribution in [2.24, 2.45) is 10.9 Å². The molecule has 0 spiro atoms. The van der Waals surface area contributed by atoms with Crippen LogP contribution in [0.1, 0.15) is 38.5 Å². The summed E-state index contributed by atoms with van der Waals surface area (Å²) in [7, 11) is -3.43. The summed E-state index contributed by atoms with van der Waals surface area (Å²) in [5.41, 5.74) is 5.54. The van der Waals surface area contributed by atoms with Gasteiger partial charge in [-0.05, 0) is 25.7 Å². The molecule has 0 atom stereocenters. The summed E-state index contributed by atoms with van der Waals surface area (Å²) in [6.07, 6.45) is 4.78. The van der Waals surface area contributed by atoms with E-state index in [2.05, 4.69) is 5.16 Å². The highest BCUT2D eigenvalue weighted by Crippen LogP contribution is 2.29. The van der Waals surface area contributed by atoms with Gasteiger partial charge in [0.15, 0.2) is 5.84 Å². The van der Waals surface area contributed by atoms with Gasteiger partial charge < -0.3 is 15.7 Å². The van der Waals surface area contributed by atoms with E-state index in [4.69, 9.17) is 15.7 Å². The Hall–Kier alpha value is -0.860. The van der Waals surface area contributed by atoms with E-state index >= 15 is 0 Å². The third kappa shape index (κ3) is 3.42. The zero-order valence-electron chi connectivity index (χ0n) is 11.6. The monoisotopic (exact) mass is 305 g/mol. The van der Waals surface area contributed by atoms with Crippen LogP contribution >= 0.6 is 0 Å². The molecule has 8 heteroatoms. The molecule has 20 heavy (non-hydrogen) atoms. The predicted molar refractivity (Wildman–Crippen MR) is 75.1 cm³/mol. The highest BCUT2D eigenvalue weighted by molar-refractivity contribution is 7.89. The van der Waals surface area contributed by atoms with Gasteiger partial charge >= 0.3 is 0 Å². The number of amidine groups is 1. The van der Waals surface area contributed by atoms with Crippen LogP contribution in [-0.2, 0) is 14.8 Å². The molecule has 0 amide bonds. The van der Waals surface area contributed by atoms with Crippen LogP contribution in [0.2, 0.25) is 0 Å². The largest absolute Gasteiger partial charge is 0.409 e. The second kappa shape index (κ2) is 6.73. The number of sulfonamides is 1. The SMILES string of the molecule is NC(CN(C1CCCC1)S(=O)(=O)C1CCOCC1)=NO. The summed E-state index contributed by atoms with van der Waals surface area (Å²) in [4.78, 5) is 0. The molecule has 7 nitrogen and oxygen atoms in total. The first-order chi connectivity index (χ1) is 9.55.